The summed E-state index contributed by atoms with van der Waals surface area (Å²) in [6.45, 7) is 0.836. The molecule has 0 amide bonds. The Hall–Kier alpha value is -3.74. The van der Waals surface area contributed by atoms with Crippen molar-refractivity contribution in [1.82, 2.24) is 24.7 Å². The molecule has 0 aliphatic carbocycles. The van der Waals surface area contributed by atoms with Gasteiger partial charge in [-0.15, -0.1) is 0 Å². The summed E-state index contributed by atoms with van der Waals surface area (Å²) in [6.07, 6.45) is 6.23. The van der Waals surface area contributed by atoms with Gasteiger partial charge in [0.15, 0.2) is 0 Å². The number of nitrogens with zero attached hydrogens (tertiary/aromatic N) is 5. The van der Waals surface area contributed by atoms with Crippen molar-refractivity contribution in [3.05, 3.63) is 78.8 Å². The molecule has 0 radical (unpaired) electrons. The minimum Gasteiger partial charge on any atom is -0.370 e. The van der Waals surface area contributed by atoms with E-state index in [1.54, 1.807) is 17.1 Å². The molecule has 7 nitrogen and oxygen atoms in total. The summed E-state index contributed by atoms with van der Waals surface area (Å²) in [5.41, 5.74) is 3.05. The number of rotatable bonds is 7. The van der Waals surface area contributed by atoms with E-state index in [1.807, 2.05) is 43.6 Å². The van der Waals surface area contributed by atoms with E-state index in [4.69, 9.17) is 0 Å². The average molecular weight is 371 g/mol. The first-order valence-corrected chi connectivity index (χ1v) is 9.10. The van der Waals surface area contributed by atoms with Crippen molar-refractivity contribution in [2.45, 2.75) is 6.42 Å². The molecule has 0 aliphatic rings. The Morgan fingerprint density at radius 3 is 2.57 bits per heavy atom. The molecule has 0 saturated carbocycles. The summed E-state index contributed by atoms with van der Waals surface area (Å²) >= 11 is 0. The van der Waals surface area contributed by atoms with Crippen LogP contribution in [0.4, 0.5) is 17.6 Å². The third-order valence-corrected chi connectivity index (χ3v) is 4.34. The highest BCUT2D eigenvalue weighted by atomic mass is 15.3. The zero-order valence-corrected chi connectivity index (χ0v) is 15.6. The molecule has 4 rings (SSSR count). The monoisotopic (exact) mass is 371 g/mol. The van der Waals surface area contributed by atoms with Crippen molar-refractivity contribution in [1.29, 1.82) is 0 Å². The van der Waals surface area contributed by atoms with Crippen LogP contribution in [-0.2, 0) is 13.5 Å². The fraction of sp³-hybridized carbons (Fsp3) is 0.143. The zero-order valence-electron chi connectivity index (χ0n) is 15.6. The van der Waals surface area contributed by atoms with E-state index < -0.39 is 0 Å². The van der Waals surface area contributed by atoms with E-state index in [1.165, 1.54) is 5.56 Å². The Kier molecular flexibility index (Phi) is 5.24. The van der Waals surface area contributed by atoms with Crippen molar-refractivity contribution in [3.8, 4) is 11.3 Å². The number of hydrogen-bond acceptors (Lipinski definition) is 6. The molecule has 140 valence electrons. The highest BCUT2D eigenvalue weighted by molar-refractivity contribution is 5.61. The molecule has 3 heterocycles. The Labute approximate surface area is 163 Å². The third-order valence-electron chi connectivity index (χ3n) is 4.34. The van der Waals surface area contributed by atoms with E-state index in [-0.39, 0.29) is 0 Å². The number of benzene rings is 1. The fourth-order valence-corrected chi connectivity index (χ4v) is 2.82. The second kappa shape index (κ2) is 8.30. The van der Waals surface area contributed by atoms with Gasteiger partial charge in [-0.25, -0.2) is 15.0 Å². The van der Waals surface area contributed by atoms with E-state index in [0.717, 1.165) is 35.9 Å². The van der Waals surface area contributed by atoms with Crippen LogP contribution in [0.15, 0.2) is 73.2 Å². The van der Waals surface area contributed by atoms with Gasteiger partial charge in [0.25, 0.3) is 0 Å². The van der Waals surface area contributed by atoms with Crippen molar-refractivity contribution in [2.24, 2.45) is 7.05 Å². The van der Waals surface area contributed by atoms with Gasteiger partial charge in [-0.05, 0) is 30.2 Å². The molecule has 0 fully saturated rings. The summed E-state index contributed by atoms with van der Waals surface area (Å²) in [5, 5.41) is 10.6. The lowest BCUT2D eigenvalue weighted by Crippen LogP contribution is -2.06. The second-order valence-corrected chi connectivity index (χ2v) is 6.33. The van der Waals surface area contributed by atoms with Gasteiger partial charge in [-0.1, -0.05) is 30.3 Å². The van der Waals surface area contributed by atoms with Crippen LogP contribution >= 0.6 is 0 Å². The van der Waals surface area contributed by atoms with Crippen LogP contribution in [0.2, 0.25) is 0 Å². The van der Waals surface area contributed by atoms with Crippen LogP contribution in [0.1, 0.15) is 5.56 Å². The van der Waals surface area contributed by atoms with Gasteiger partial charge >= 0.3 is 0 Å². The van der Waals surface area contributed by atoms with Gasteiger partial charge in [0.05, 0.1) is 11.9 Å². The van der Waals surface area contributed by atoms with Gasteiger partial charge in [0, 0.05) is 37.6 Å². The van der Waals surface area contributed by atoms with E-state index in [9.17, 15) is 0 Å². The zero-order chi connectivity index (χ0) is 19.2. The van der Waals surface area contributed by atoms with Crippen molar-refractivity contribution in [2.75, 3.05) is 17.2 Å². The van der Waals surface area contributed by atoms with E-state index in [2.05, 4.69) is 54.9 Å². The molecule has 0 atom stereocenters. The molecule has 2 N–H and O–H groups in total. The van der Waals surface area contributed by atoms with Gasteiger partial charge in [-0.3, -0.25) is 4.68 Å². The lowest BCUT2D eigenvalue weighted by molar-refractivity contribution is 0.775. The molecular weight excluding hydrogens is 350 g/mol. The summed E-state index contributed by atoms with van der Waals surface area (Å²) in [7, 11) is 1.86. The Balaban J connectivity index is 1.39. The van der Waals surface area contributed by atoms with Gasteiger partial charge in [-0.2, -0.15) is 5.10 Å². The quantitative estimate of drug-likeness (QED) is 0.516. The number of aryl methyl sites for hydroxylation is 1. The van der Waals surface area contributed by atoms with Gasteiger partial charge in [0.1, 0.15) is 11.6 Å². The first-order chi connectivity index (χ1) is 13.8. The molecule has 4 aromatic rings. The number of anilines is 3. The van der Waals surface area contributed by atoms with Crippen LogP contribution in [0.3, 0.4) is 0 Å². The molecule has 7 heteroatoms. The van der Waals surface area contributed by atoms with Crippen LogP contribution < -0.4 is 10.6 Å². The second-order valence-electron chi connectivity index (χ2n) is 6.33. The Bertz CT molecular complexity index is 1030. The molecule has 0 unspecified atom stereocenters. The first kappa shape index (κ1) is 17.7. The smallest absolute Gasteiger partial charge is 0.228 e. The number of nitrogens with one attached hydrogen (secondary N) is 2. The van der Waals surface area contributed by atoms with E-state index >= 15 is 0 Å². The summed E-state index contributed by atoms with van der Waals surface area (Å²) < 4.78 is 1.73. The maximum atomic E-state index is 4.57. The predicted molar refractivity (Wildman–Crippen MR) is 110 cm³/mol. The highest BCUT2D eigenvalue weighted by Gasteiger charge is 2.05. The van der Waals surface area contributed by atoms with Gasteiger partial charge < -0.3 is 10.6 Å². The topological polar surface area (TPSA) is 80.5 Å². The Morgan fingerprint density at radius 2 is 1.82 bits per heavy atom. The Morgan fingerprint density at radius 1 is 0.929 bits per heavy atom. The largest absolute Gasteiger partial charge is 0.370 e. The molecule has 28 heavy (non-hydrogen) atoms. The molecule has 1 aromatic carbocycles. The van der Waals surface area contributed by atoms with Crippen LogP contribution in [0.25, 0.3) is 11.3 Å². The number of aromatic nitrogens is 5. The predicted octanol–water partition coefficient (Wildman–Crippen LogP) is 3.67. The molecule has 0 aliphatic heterocycles. The SMILES string of the molecule is Cn1nccc1Nc1nccc(-c2ccc(NCCc3ccccc3)nc2)n1. The number of pyridine rings is 1. The molecule has 0 bridgehead atoms. The lowest BCUT2D eigenvalue weighted by atomic mass is 10.1. The fourth-order valence-electron chi connectivity index (χ4n) is 2.82. The van der Waals surface area contributed by atoms with Crippen molar-refractivity contribution >= 4 is 17.6 Å². The highest BCUT2D eigenvalue weighted by Crippen LogP contribution is 2.19. The minimum atomic E-state index is 0.520. The summed E-state index contributed by atoms with van der Waals surface area (Å²) in [4.78, 5) is 13.3. The normalized spacial score (nSPS) is 10.6. The molecule has 0 saturated heterocycles. The van der Waals surface area contributed by atoms with Crippen LogP contribution in [-0.4, -0.2) is 31.3 Å². The molecule has 3 aromatic heterocycles. The number of hydrogen-bond donors (Lipinski definition) is 2. The standard InChI is InChI=1S/C21H21N7/c1-28-20(11-14-25-28)27-21-23-13-10-18(26-21)17-7-8-19(24-15-17)22-12-9-16-5-3-2-4-6-16/h2-8,10-11,13-15H,9,12H2,1H3,(H,22,24)(H,23,26,27). The van der Waals surface area contributed by atoms with Crippen LogP contribution in [0, 0.1) is 0 Å². The molecular formula is C21H21N7. The maximum absolute atomic E-state index is 4.57. The van der Waals surface area contributed by atoms with Crippen molar-refractivity contribution in [3.63, 3.8) is 0 Å². The maximum Gasteiger partial charge on any atom is 0.228 e. The average Bonchev–Trinajstić information content (AvgIpc) is 3.14. The van der Waals surface area contributed by atoms with Gasteiger partial charge in [0.2, 0.25) is 5.95 Å². The molecule has 0 spiro atoms. The van der Waals surface area contributed by atoms with Crippen LogP contribution in [0.5, 0.6) is 0 Å². The first-order valence-electron chi connectivity index (χ1n) is 9.10. The minimum absolute atomic E-state index is 0.520. The van der Waals surface area contributed by atoms with E-state index in [0.29, 0.717) is 5.95 Å². The van der Waals surface area contributed by atoms with Crippen molar-refractivity contribution < 1.29 is 0 Å². The summed E-state index contributed by atoms with van der Waals surface area (Å²) in [6, 6.07) is 18.1. The third kappa shape index (κ3) is 4.32. The lowest BCUT2D eigenvalue weighted by Gasteiger charge is -2.08. The summed E-state index contributed by atoms with van der Waals surface area (Å²) in [5.74, 6) is 2.20.